The maximum absolute atomic E-state index is 11.6. The van der Waals surface area contributed by atoms with E-state index >= 15 is 0 Å². The van der Waals surface area contributed by atoms with Crippen LogP contribution in [0.1, 0.15) is 33.6 Å². The number of carbonyl (C=O) groups excluding carboxylic acids is 2. The Hall–Kier alpha value is -1.44. The predicted octanol–water partition coefficient (Wildman–Crippen LogP) is 0.470. The van der Waals surface area contributed by atoms with Crippen molar-refractivity contribution in [3.05, 3.63) is 0 Å². The molecule has 2 unspecified atom stereocenters. The highest BCUT2D eigenvalue weighted by Gasteiger charge is 2.26. The highest BCUT2D eigenvalue weighted by atomic mass is 32.2. The molecule has 7 nitrogen and oxygen atoms in total. The van der Waals surface area contributed by atoms with Gasteiger partial charge in [0.05, 0.1) is 6.42 Å². The van der Waals surface area contributed by atoms with Gasteiger partial charge in [0.15, 0.2) is 0 Å². The molecule has 3 N–H and O–H groups in total. The molecule has 20 heavy (non-hydrogen) atoms. The highest BCUT2D eigenvalue weighted by Crippen LogP contribution is 2.24. The zero-order valence-corrected chi connectivity index (χ0v) is 13.0. The second-order valence-electron chi connectivity index (χ2n) is 5.57. The van der Waals surface area contributed by atoms with Gasteiger partial charge in [-0.3, -0.25) is 19.1 Å². The lowest BCUT2D eigenvalue weighted by atomic mass is 9.85. The van der Waals surface area contributed by atoms with Crippen LogP contribution in [0.4, 0.5) is 4.79 Å². The topological polar surface area (TPSA) is 113 Å². The minimum Gasteiger partial charge on any atom is -0.481 e. The van der Waals surface area contributed by atoms with Crippen LogP contribution >= 0.6 is 0 Å². The Morgan fingerprint density at radius 2 is 1.80 bits per heavy atom. The molecule has 8 heteroatoms. The van der Waals surface area contributed by atoms with Gasteiger partial charge < -0.3 is 10.4 Å². The van der Waals surface area contributed by atoms with Crippen LogP contribution in [0.2, 0.25) is 0 Å². The van der Waals surface area contributed by atoms with E-state index in [9.17, 15) is 18.6 Å². The molecule has 0 spiro atoms. The number of hydrogen-bond acceptors (Lipinski definition) is 4. The van der Waals surface area contributed by atoms with Crippen molar-refractivity contribution in [1.29, 1.82) is 0 Å². The third-order valence-electron chi connectivity index (χ3n) is 2.38. The second kappa shape index (κ2) is 7.98. The molecule has 0 radical (unpaired) electrons. The van der Waals surface area contributed by atoms with Crippen LogP contribution in [-0.4, -0.2) is 45.3 Å². The first kappa shape index (κ1) is 18.6. The van der Waals surface area contributed by atoms with Crippen molar-refractivity contribution in [2.75, 3.05) is 12.0 Å². The van der Waals surface area contributed by atoms with Crippen LogP contribution in [-0.2, 0) is 20.4 Å². The average molecular weight is 306 g/mol. The Morgan fingerprint density at radius 3 is 2.25 bits per heavy atom. The van der Waals surface area contributed by atoms with Crippen LogP contribution in [0.15, 0.2) is 0 Å². The summed E-state index contributed by atoms with van der Waals surface area (Å²) in [7, 11) is -1.04. The first-order valence-electron chi connectivity index (χ1n) is 6.14. The van der Waals surface area contributed by atoms with Crippen LogP contribution in [0.25, 0.3) is 0 Å². The van der Waals surface area contributed by atoms with Crippen LogP contribution in [0.5, 0.6) is 0 Å². The third kappa shape index (κ3) is 9.48. The van der Waals surface area contributed by atoms with Crippen molar-refractivity contribution >= 4 is 28.7 Å². The predicted molar refractivity (Wildman–Crippen MR) is 75.7 cm³/mol. The van der Waals surface area contributed by atoms with E-state index in [4.69, 9.17) is 5.11 Å². The first-order chi connectivity index (χ1) is 9.01. The van der Waals surface area contributed by atoms with Gasteiger partial charge in [0, 0.05) is 35.3 Å². The van der Waals surface area contributed by atoms with Gasteiger partial charge in [0.1, 0.15) is 0 Å². The molecule has 0 aromatic carbocycles. The summed E-state index contributed by atoms with van der Waals surface area (Å²) in [5.74, 6) is -1.24. The molecule has 0 aliphatic heterocycles. The SMILES string of the molecule is CC(CS(C)=O)NC(=O)NC(=O)CC(C)(C)CC(=O)O. The van der Waals surface area contributed by atoms with Gasteiger partial charge in [-0.1, -0.05) is 13.8 Å². The molecule has 0 aromatic heterocycles. The molecule has 2 atom stereocenters. The number of carboxylic acids is 1. The molecule has 0 fully saturated rings. The molecular weight excluding hydrogens is 284 g/mol. The van der Waals surface area contributed by atoms with E-state index in [0.29, 0.717) is 5.75 Å². The van der Waals surface area contributed by atoms with Crippen molar-refractivity contribution < 1.29 is 23.7 Å². The summed E-state index contributed by atoms with van der Waals surface area (Å²) in [5.41, 5.74) is -0.729. The number of carboxylic acid groups (broad SMARTS) is 1. The lowest BCUT2D eigenvalue weighted by molar-refractivity contribution is -0.139. The highest BCUT2D eigenvalue weighted by molar-refractivity contribution is 7.84. The van der Waals surface area contributed by atoms with E-state index in [1.54, 1.807) is 20.8 Å². The van der Waals surface area contributed by atoms with Crippen molar-refractivity contribution in [2.45, 2.75) is 39.7 Å². The van der Waals surface area contributed by atoms with E-state index in [1.165, 1.54) is 6.26 Å². The van der Waals surface area contributed by atoms with E-state index in [2.05, 4.69) is 10.6 Å². The number of imide groups is 1. The molecule has 0 aliphatic carbocycles. The summed E-state index contributed by atoms with van der Waals surface area (Å²) in [6.45, 7) is 4.96. The maximum atomic E-state index is 11.6. The maximum Gasteiger partial charge on any atom is 0.321 e. The lowest BCUT2D eigenvalue weighted by Gasteiger charge is -2.21. The van der Waals surface area contributed by atoms with Gasteiger partial charge >= 0.3 is 12.0 Å². The smallest absolute Gasteiger partial charge is 0.321 e. The molecule has 116 valence electrons. The quantitative estimate of drug-likeness (QED) is 0.633. The largest absolute Gasteiger partial charge is 0.481 e. The number of aliphatic carboxylic acids is 1. The number of urea groups is 1. The third-order valence-corrected chi connectivity index (χ3v) is 3.35. The fourth-order valence-corrected chi connectivity index (χ4v) is 2.52. The van der Waals surface area contributed by atoms with Crippen LogP contribution < -0.4 is 10.6 Å². The second-order valence-corrected chi connectivity index (χ2v) is 7.05. The van der Waals surface area contributed by atoms with Gasteiger partial charge in [0.25, 0.3) is 0 Å². The molecule has 3 amide bonds. The minimum absolute atomic E-state index is 0.0686. The van der Waals surface area contributed by atoms with Gasteiger partial charge in [-0.15, -0.1) is 0 Å². The van der Waals surface area contributed by atoms with Gasteiger partial charge in [-0.05, 0) is 12.3 Å². The molecule has 0 saturated heterocycles. The van der Waals surface area contributed by atoms with Crippen molar-refractivity contribution in [2.24, 2.45) is 5.41 Å². The lowest BCUT2D eigenvalue weighted by Crippen LogP contribution is -2.46. The zero-order chi connectivity index (χ0) is 15.9. The number of nitrogens with one attached hydrogen (secondary N) is 2. The summed E-state index contributed by atoms with van der Waals surface area (Å²) < 4.78 is 11.0. The van der Waals surface area contributed by atoms with Gasteiger partial charge in [-0.2, -0.15) is 0 Å². The average Bonchev–Trinajstić information content (AvgIpc) is 2.09. The Labute approximate surface area is 121 Å². The Kier molecular flexibility index (Phi) is 7.41. The molecule has 0 aliphatic rings. The minimum atomic E-state index is -1.04. The molecule has 0 heterocycles. The van der Waals surface area contributed by atoms with E-state index < -0.39 is 34.1 Å². The standard InChI is InChI=1S/C12H22N2O5S/c1-8(7-20(4)19)13-11(18)14-9(15)5-12(2,3)6-10(16)17/h8H,5-7H2,1-4H3,(H,16,17)(H2,13,14,15,18). The van der Waals surface area contributed by atoms with Gasteiger partial charge in [0.2, 0.25) is 5.91 Å². The number of hydrogen-bond donors (Lipinski definition) is 3. The Bertz CT molecular complexity index is 409. The summed E-state index contributed by atoms with van der Waals surface area (Å²) in [6, 6.07) is -0.986. The molecule has 0 aromatic rings. The summed E-state index contributed by atoms with van der Waals surface area (Å²) in [4.78, 5) is 33.8. The molecule has 0 bridgehead atoms. The molecule has 0 rings (SSSR count). The van der Waals surface area contributed by atoms with E-state index in [1.807, 2.05) is 0 Å². The van der Waals surface area contributed by atoms with E-state index in [0.717, 1.165) is 0 Å². The number of amides is 3. The van der Waals surface area contributed by atoms with Crippen molar-refractivity contribution in [3.63, 3.8) is 0 Å². The first-order valence-corrected chi connectivity index (χ1v) is 7.87. The molecular formula is C12H22N2O5S. The van der Waals surface area contributed by atoms with Crippen LogP contribution in [0.3, 0.4) is 0 Å². The fourth-order valence-electron chi connectivity index (χ4n) is 1.73. The molecule has 0 saturated carbocycles. The summed E-state index contributed by atoms with van der Waals surface area (Å²) >= 11 is 0. The van der Waals surface area contributed by atoms with E-state index in [-0.39, 0.29) is 18.9 Å². The number of rotatable bonds is 7. The fraction of sp³-hybridized carbons (Fsp3) is 0.750. The van der Waals surface area contributed by atoms with Crippen molar-refractivity contribution in [1.82, 2.24) is 10.6 Å². The van der Waals surface area contributed by atoms with Gasteiger partial charge in [-0.25, -0.2) is 4.79 Å². The van der Waals surface area contributed by atoms with Crippen LogP contribution in [0, 0.1) is 5.41 Å². The zero-order valence-electron chi connectivity index (χ0n) is 12.2. The van der Waals surface area contributed by atoms with Crippen molar-refractivity contribution in [3.8, 4) is 0 Å². The summed E-state index contributed by atoms with van der Waals surface area (Å²) in [6.07, 6.45) is 1.30. The Balaban J connectivity index is 4.23. The Morgan fingerprint density at radius 1 is 1.25 bits per heavy atom. The summed E-state index contributed by atoms with van der Waals surface area (Å²) in [5, 5.41) is 13.3. The normalized spacial score (nSPS) is 14.2. The number of carbonyl (C=O) groups is 3. The monoisotopic (exact) mass is 306 g/mol.